The Bertz CT molecular complexity index is 563. The van der Waals surface area contributed by atoms with E-state index in [1.54, 1.807) is 0 Å². The zero-order valence-electron chi connectivity index (χ0n) is 16.8. The molecule has 2 heterocycles. The summed E-state index contributed by atoms with van der Waals surface area (Å²) >= 11 is 1.92. The van der Waals surface area contributed by atoms with Crippen LogP contribution in [-0.4, -0.2) is 67.3 Å². The van der Waals surface area contributed by atoms with Crippen molar-refractivity contribution in [2.24, 2.45) is 10.9 Å². The maximum absolute atomic E-state index is 4.54. The van der Waals surface area contributed by atoms with E-state index in [1.807, 2.05) is 18.8 Å². The molecule has 1 aromatic carbocycles. The van der Waals surface area contributed by atoms with Gasteiger partial charge in [-0.3, -0.25) is 4.99 Å². The van der Waals surface area contributed by atoms with E-state index in [2.05, 4.69) is 57.4 Å². The first-order chi connectivity index (χ1) is 12.7. The highest BCUT2D eigenvalue weighted by molar-refractivity contribution is 14.0. The van der Waals surface area contributed by atoms with E-state index in [9.17, 15) is 0 Å². The molecular weight excluding hydrogens is 467 g/mol. The standard InChI is InChI=1S/C21H34N4S.HI/c1-18(26-20-9-5-3-6-10-20)15-23-21(22-2)25-14-11-19(17-25)16-24-12-7-4-8-13-24;/h3,5-6,9-10,18-19H,4,7-8,11-17H2,1-2H3,(H,22,23);1H. The maximum Gasteiger partial charge on any atom is 0.193 e. The summed E-state index contributed by atoms with van der Waals surface area (Å²) in [6.45, 7) is 9.39. The van der Waals surface area contributed by atoms with Gasteiger partial charge in [-0.1, -0.05) is 31.5 Å². The number of halogens is 1. The molecule has 0 bridgehead atoms. The van der Waals surface area contributed by atoms with Gasteiger partial charge in [0.1, 0.15) is 0 Å². The van der Waals surface area contributed by atoms with Gasteiger partial charge < -0.3 is 15.1 Å². The zero-order chi connectivity index (χ0) is 18.2. The number of nitrogens with one attached hydrogen (secondary N) is 1. The van der Waals surface area contributed by atoms with Crippen LogP contribution in [0.4, 0.5) is 0 Å². The van der Waals surface area contributed by atoms with Gasteiger partial charge in [0.15, 0.2) is 5.96 Å². The molecule has 0 amide bonds. The van der Waals surface area contributed by atoms with Crippen molar-refractivity contribution in [1.82, 2.24) is 15.1 Å². The Balaban J connectivity index is 0.00000261. The van der Waals surface area contributed by atoms with Gasteiger partial charge in [0.05, 0.1) is 0 Å². The molecule has 1 N–H and O–H groups in total. The molecule has 0 saturated carbocycles. The van der Waals surface area contributed by atoms with Crippen LogP contribution in [0.25, 0.3) is 0 Å². The SMILES string of the molecule is CN=C(NCC(C)Sc1ccccc1)N1CCC(CN2CCCCC2)C1.I. The number of rotatable bonds is 6. The number of piperidine rings is 1. The summed E-state index contributed by atoms with van der Waals surface area (Å²) in [5.41, 5.74) is 0. The Morgan fingerprint density at radius 1 is 1.19 bits per heavy atom. The normalized spacial score (nSPS) is 22.4. The van der Waals surface area contributed by atoms with Gasteiger partial charge in [0.2, 0.25) is 0 Å². The van der Waals surface area contributed by atoms with E-state index in [0.29, 0.717) is 5.25 Å². The van der Waals surface area contributed by atoms with Crippen LogP contribution in [0.3, 0.4) is 0 Å². The molecule has 0 aliphatic carbocycles. The molecule has 6 heteroatoms. The number of aliphatic imine (C=N–C) groups is 1. The van der Waals surface area contributed by atoms with Crippen molar-refractivity contribution >= 4 is 41.7 Å². The van der Waals surface area contributed by atoms with Gasteiger partial charge in [-0.05, 0) is 50.4 Å². The van der Waals surface area contributed by atoms with Crippen LogP contribution >= 0.6 is 35.7 Å². The molecule has 2 saturated heterocycles. The van der Waals surface area contributed by atoms with Crippen molar-refractivity contribution in [2.45, 2.75) is 42.8 Å². The Labute approximate surface area is 186 Å². The summed E-state index contributed by atoms with van der Waals surface area (Å²) in [4.78, 5) is 11.0. The van der Waals surface area contributed by atoms with Crippen LogP contribution in [0.1, 0.15) is 32.6 Å². The lowest BCUT2D eigenvalue weighted by Crippen LogP contribution is -2.43. The molecular formula is C21H35IN4S. The van der Waals surface area contributed by atoms with Crippen molar-refractivity contribution in [3.8, 4) is 0 Å². The fourth-order valence-corrected chi connectivity index (χ4v) is 4.97. The van der Waals surface area contributed by atoms with Crippen LogP contribution in [-0.2, 0) is 0 Å². The fourth-order valence-electron chi connectivity index (χ4n) is 4.02. The van der Waals surface area contributed by atoms with Gasteiger partial charge in [-0.2, -0.15) is 0 Å². The van der Waals surface area contributed by atoms with E-state index in [0.717, 1.165) is 31.5 Å². The topological polar surface area (TPSA) is 30.9 Å². The van der Waals surface area contributed by atoms with Crippen molar-refractivity contribution in [3.05, 3.63) is 30.3 Å². The molecule has 2 fully saturated rings. The number of guanidine groups is 1. The predicted molar refractivity (Wildman–Crippen MR) is 129 cm³/mol. The number of hydrogen-bond donors (Lipinski definition) is 1. The molecule has 1 aromatic rings. The van der Waals surface area contributed by atoms with Gasteiger partial charge in [-0.15, -0.1) is 35.7 Å². The number of nitrogens with zero attached hydrogens (tertiary/aromatic N) is 3. The third-order valence-electron chi connectivity index (χ3n) is 5.39. The Kier molecular flexibility index (Phi) is 10.3. The summed E-state index contributed by atoms with van der Waals surface area (Å²) in [7, 11) is 1.91. The fraction of sp³-hybridized carbons (Fsp3) is 0.667. The van der Waals surface area contributed by atoms with Crippen molar-refractivity contribution < 1.29 is 0 Å². The quantitative estimate of drug-likeness (QED) is 0.274. The highest BCUT2D eigenvalue weighted by Gasteiger charge is 2.27. The third kappa shape index (κ3) is 7.46. The third-order valence-corrected chi connectivity index (χ3v) is 6.50. The first-order valence-electron chi connectivity index (χ1n) is 10.1. The Morgan fingerprint density at radius 3 is 2.63 bits per heavy atom. The molecule has 4 nitrogen and oxygen atoms in total. The summed E-state index contributed by atoms with van der Waals surface area (Å²) in [6.07, 6.45) is 5.49. The van der Waals surface area contributed by atoms with Crippen LogP contribution in [0.5, 0.6) is 0 Å². The van der Waals surface area contributed by atoms with Crippen molar-refractivity contribution in [3.63, 3.8) is 0 Å². The molecule has 27 heavy (non-hydrogen) atoms. The van der Waals surface area contributed by atoms with E-state index < -0.39 is 0 Å². The van der Waals surface area contributed by atoms with E-state index in [1.165, 1.54) is 50.2 Å². The smallest absolute Gasteiger partial charge is 0.193 e. The van der Waals surface area contributed by atoms with Crippen molar-refractivity contribution in [1.29, 1.82) is 0 Å². The molecule has 2 aliphatic rings. The minimum atomic E-state index is 0. The molecule has 2 aliphatic heterocycles. The second kappa shape index (κ2) is 12.2. The monoisotopic (exact) mass is 502 g/mol. The predicted octanol–water partition coefficient (Wildman–Crippen LogP) is 4.17. The second-order valence-electron chi connectivity index (χ2n) is 7.63. The van der Waals surface area contributed by atoms with Crippen LogP contribution in [0, 0.1) is 5.92 Å². The van der Waals surface area contributed by atoms with Gasteiger partial charge in [-0.25, -0.2) is 0 Å². The average Bonchev–Trinajstić information content (AvgIpc) is 3.12. The van der Waals surface area contributed by atoms with Crippen molar-refractivity contribution in [2.75, 3.05) is 46.3 Å². The lowest BCUT2D eigenvalue weighted by molar-refractivity contribution is 0.198. The minimum absolute atomic E-state index is 0. The minimum Gasteiger partial charge on any atom is -0.355 e. The largest absolute Gasteiger partial charge is 0.355 e. The molecule has 152 valence electrons. The van der Waals surface area contributed by atoms with E-state index in [4.69, 9.17) is 0 Å². The molecule has 0 radical (unpaired) electrons. The van der Waals surface area contributed by atoms with Gasteiger partial charge >= 0.3 is 0 Å². The number of thioether (sulfide) groups is 1. The average molecular weight is 503 g/mol. The second-order valence-corrected chi connectivity index (χ2v) is 9.14. The highest BCUT2D eigenvalue weighted by Crippen LogP contribution is 2.23. The molecule has 0 spiro atoms. The molecule has 2 atom stereocenters. The first kappa shape index (κ1) is 22.8. The lowest BCUT2D eigenvalue weighted by Gasteiger charge is -2.29. The molecule has 0 aromatic heterocycles. The molecule has 2 unspecified atom stereocenters. The summed E-state index contributed by atoms with van der Waals surface area (Å²) in [6, 6.07) is 10.6. The summed E-state index contributed by atoms with van der Waals surface area (Å²) in [5, 5.41) is 4.11. The number of likely N-dealkylation sites (tertiary alicyclic amines) is 2. The van der Waals surface area contributed by atoms with Crippen LogP contribution < -0.4 is 5.32 Å². The number of hydrogen-bond acceptors (Lipinski definition) is 3. The van der Waals surface area contributed by atoms with E-state index >= 15 is 0 Å². The Hall–Kier alpha value is -0.470. The van der Waals surface area contributed by atoms with Crippen LogP contribution in [0.15, 0.2) is 40.2 Å². The van der Waals surface area contributed by atoms with Gasteiger partial charge in [0.25, 0.3) is 0 Å². The Morgan fingerprint density at radius 2 is 1.93 bits per heavy atom. The lowest BCUT2D eigenvalue weighted by atomic mass is 10.1. The van der Waals surface area contributed by atoms with Gasteiger partial charge in [0, 0.05) is 43.4 Å². The summed E-state index contributed by atoms with van der Waals surface area (Å²) in [5.74, 6) is 1.87. The van der Waals surface area contributed by atoms with E-state index in [-0.39, 0.29) is 24.0 Å². The molecule has 3 rings (SSSR count). The maximum atomic E-state index is 4.54. The highest BCUT2D eigenvalue weighted by atomic mass is 127. The number of benzene rings is 1. The van der Waals surface area contributed by atoms with Crippen LogP contribution in [0.2, 0.25) is 0 Å². The summed E-state index contributed by atoms with van der Waals surface area (Å²) < 4.78 is 0. The zero-order valence-corrected chi connectivity index (χ0v) is 19.9. The first-order valence-corrected chi connectivity index (χ1v) is 11.0.